The van der Waals surface area contributed by atoms with Gasteiger partial charge in [-0.1, -0.05) is 50.2 Å². The van der Waals surface area contributed by atoms with Gasteiger partial charge in [-0.05, 0) is 50.5 Å². The molecule has 0 fully saturated rings. The van der Waals surface area contributed by atoms with E-state index >= 15 is 0 Å². The first kappa shape index (κ1) is 25.3. The van der Waals surface area contributed by atoms with Crippen molar-refractivity contribution in [2.45, 2.75) is 45.8 Å². The Labute approximate surface area is 166 Å². The van der Waals surface area contributed by atoms with Crippen molar-refractivity contribution < 1.29 is 30.0 Å². The van der Waals surface area contributed by atoms with E-state index in [0.29, 0.717) is 23.5 Å². The Bertz CT molecular complexity index is 644. The highest BCUT2D eigenvalue weighted by molar-refractivity contribution is 5.87. The van der Waals surface area contributed by atoms with Crippen LogP contribution in [0.15, 0.2) is 60.7 Å². The first-order chi connectivity index (χ1) is 13.0. The molecule has 0 spiro atoms. The molecule has 0 aliphatic rings. The third-order valence-electron chi connectivity index (χ3n) is 3.76. The summed E-state index contributed by atoms with van der Waals surface area (Å²) in [6.45, 7) is 7.33. The highest BCUT2D eigenvalue weighted by atomic mass is 16.4. The fraction of sp³-hybridized carbons (Fsp3) is 0.364. The van der Waals surface area contributed by atoms with Gasteiger partial charge < -0.3 is 20.4 Å². The summed E-state index contributed by atoms with van der Waals surface area (Å²) in [5.74, 6) is -1.34. The van der Waals surface area contributed by atoms with E-state index in [-0.39, 0.29) is 0 Å². The molecule has 0 radical (unpaired) electrons. The lowest BCUT2D eigenvalue weighted by Gasteiger charge is -2.28. The summed E-state index contributed by atoms with van der Waals surface area (Å²) in [5, 5.41) is 35.4. The minimum absolute atomic E-state index is 0.331. The minimum Gasteiger partial charge on any atom is -0.478 e. The van der Waals surface area contributed by atoms with Gasteiger partial charge in [-0.25, -0.2) is 9.59 Å². The Balaban J connectivity index is 0.000000391. The summed E-state index contributed by atoms with van der Waals surface area (Å²) in [4.78, 5) is 20.4. The van der Waals surface area contributed by atoms with Gasteiger partial charge in [-0.3, -0.25) is 0 Å². The lowest BCUT2D eigenvalue weighted by Crippen LogP contribution is -2.38. The van der Waals surface area contributed by atoms with Gasteiger partial charge in [-0.15, -0.1) is 0 Å². The molecule has 0 aliphatic carbocycles. The van der Waals surface area contributed by atoms with Crippen LogP contribution in [0, 0.1) is 5.92 Å². The summed E-state index contributed by atoms with van der Waals surface area (Å²) < 4.78 is 0. The molecule has 0 heterocycles. The second kappa shape index (κ2) is 12.6. The third kappa shape index (κ3) is 11.1. The predicted molar refractivity (Wildman–Crippen MR) is 109 cm³/mol. The molecule has 2 unspecified atom stereocenters. The van der Waals surface area contributed by atoms with Gasteiger partial charge in [-0.2, -0.15) is 0 Å². The maximum Gasteiger partial charge on any atom is 0.335 e. The smallest absolute Gasteiger partial charge is 0.335 e. The summed E-state index contributed by atoms with van der Waals surface area (Å²) in [7, 11) is 0. The molecule has 154 valence electrons. The van der Waals surface area contributed by atoms with E-state index in [9.17, 15) is 14.7 Å². The summed E-state index contributed by atoms with van der Waals surface area (Å²) in [6.07, 6.45) is -0.0000926. The molecule has 0 amide bonds. The van der Waals surface area contributed by atoms with Gasteiger partial charge >= 0.3 is 11.9 Å². The molecule has 0 saturated heterocycles. The zero-order valence-corrected chi connectivity index (χ0v) is 16.7. The molecule has 2 rings (SSSR count). The molecule has 0 aliphatic heterocycles. The van der Waals surface area contributed by atoms with Gasteiger partial charge in [0, 0.05) is 0 Å². The highest BCUT2D eigenvalue weighted by Crippen LogP contribution is 2.19. The van der Waals surface area contributed by atoms with Gasteiger partial charge in [0.1, 0.15) is 0 Å². The number of aliphatic hydroxyl groups excluding tert-OH is 1. The molecule has 6 heteroatoms. The van der Waals surface area contributed by atoms with Crippen LogP contribution in [-0.2, 0) is 0 Å². The second-order valence-electron chi connectivity index (χ2n) is 6.97. The summed E-state index contributed by atoms with van der Waals surface area (Å²) in [5.41, 5.74) is -0.260. The summed E-state index contributed by atoms with van der Waals surface area (Å²) in [6, 6.07) is 16.6. The maximum atomic E-state index is 10.2. The Morgan fingerprint density at radius 2 is 1.14 bits per heavy atom. The quantitative estimate of drug-likeness (QED) is 0.615. The Morgan fingerprint density at radius 3 is 1.29 bits per heavy atom. The van der Waals surface area contributed by atoms with Gasteiger partial charge in [0.15, 0.2) is 0 Å². The number of carbonyl (C=O) groups is 2. The normalized spacial score (nSPS) is 13.1. The fourth-order valence-electron chi connectivity index (χ4n) is 2.16. The van der Waals surface area contributed by atoms with Crippen molar-refractivity contribution in [3.05, 3.63) is 71.8 Å². The Kier molecular flexibility index (Phi) is 11.4. The zero-order chi connectivity index (χ0) is 21.7. The van der Waals surface area contributed by atoms with Crippen LogP contribution in [0.5, 0.6) is 0 Å². The van der Waals surface area contributed by atoms with Crippen LogP contribution >= 0.6 is 0 Å². The number of aromatic carboxylic acids is 2. The lowest BCUT2D eigenvalue weighted by molar-refractivity contribution is -0.0646. The fourth-order valence-corrected chi connectivity index (χ4v) is 2.16. The van der Waals surface area contributed by atoms with Crippen LogP contribution in [0.1, 0.15) is 54.8 Å². The molecule has 0 aromatic heterocycles. The standard InChI is InChI=1S/C8H18O2.2C7H6O2/c1-6(2)5-8(4,10)7(3)9;2*8-7(9)6-4-2-1-3-5-6/h6-7,9-10H,5H2,1-4H3;2*1-5H,(H,8,9). The van der Waals surface area contributed by atoms with Crippen molar-refractivity contribution in [2.75, 3.05) is 0 Å². The highest BCUT2D eigenvalue weighted by Gasteiger charge is 2.27. The average Bonchev–Trinajstić information content (AvgIpc) is 2.63. The molecule has 2 atom stereocenters. The van der Waals surface area contributed by atoms with Crippen molar-refractivity contribution >= 4 is 11.9 Å². The minimum atomic E-state index is -0.922. The van der Waals surface area contributed by atoms with Crippen molar-refractivity contribution in [3.63, 3.8) is 0 Å². The number of hydrogen-bond donors (Lipinski definition) is 4. The topological polar surface area (TPSA) is 115 Å². The van der Waals surface area contributed by atoms with Crippen LogP contribution < -0.4 is 0 Å². The lowest BCUT2D eigenvalue weighted by atomic mass is 9.90. The molecule has 2 aromatic carbocycles. The maximum absolute atomic E-state index is 10.2. The van der Waals surface area contributed by atoms with Crippen molar-refractivity contribution in [2.24, 2.45) is 5.92 Å². The predicted octanol–water partition coefficient (Wildman–Crippen LogP) is 3.93. The molecule has 0 saturated carbocycles. The Morgan fingerprint density at radius 1 is 0.821 bits per heavy atom. The number of benzene rings is 2. The van der Waals surface area contributed by atoms with Crippen molar-refractivity contribution in [1.82, 2.24) is 0 Å². The molecule has 6 nitrogen and oxygen atoms in total. The number of hydrogen-bond acceptors (Lipinski definition) is 4. The van der Waals surface area contributed by atoms with E-state index in [2.05, 4.69) is 0 Å². The Hall–Kier alpha value is -2.70. The van der Waals surface area contributed by atoms with E-state index in [1.165, 1.54) is 0 Å². The van der Waals surface area contributed by atoms with Crippen LogP contribution in [0.3, 0.4) is 0 Å². The number of rotatable bonds is 5. The van der Waals surface area contributed by atoms with Crippen molar-refractivity contribution in [1.29, 1.82) is 0 Å². The van der Waals surface area contributed by atoms with Crippen LogP contribution in [-0.4, -0.2) is 44.1 Å². The zero-order valence-electron chi connectivity index (χ0n) is 16.7. The molecule has 28 heavy (non-hydrogen) atoms. The van der Waals surface area contributed by atoms with Crippen molar-refractivity contribution in [3.8, 4) is 0 Å². The first-order valence-electron chi connectivity index (χ1n) is 8.94. The molecule has 0 bridgehead atoms. The van der Waals surface area contributed by atoms with Crippen LogP contribution in [0.25, 0.3) is 0 Å². The third-order valence-corrected chi connectivity index (χ3v) is 3.76. The SMILES string of the molecule is CC(C)CC(C)(O)C(C)O.O=C(O)c1ccccc1.O=C(O)c1ccccc1. The molecule has 2 aromatic rings. The van der Waals surface area contributed by atoms with E-state index in [0.717, 1.165) is 0 Å². The van der Waals surface area contributed by atoms with E-state index in [1.807, 2.05) is 13.8 Å². The largest absolute Gasteiger partial charge is 0.478 e. The van der Waals surface area contributed by atoms with Gasteiger partial charge in [0.25, 0.3) is 0 Å². The monoisotopic (exact) mass is 390 g/mol. The van der Waals surface area contributed by atoms with Gasteiger partial charge in [0.2, 0.25) is 0 Å². The number of carboxylic acid groups (broad SMARTS) is 2. The molecule has 4 N–H and O–H groups in total. The number of carboxylic acids is 2. The molecular formula is C22H30O6. The van der Waals surface area contributed by atoms with Crippen LogP contribution in [0.2, 0.25) is 0 Å². The average molecular weight is 390 g/mol. The van der Waals surface area contributed by atoms with Crippen LogP contribution in [0.4, 0.5) is 0 Å². The molecular weight excluding hydrogens is 360 g/mol. The van der Waals surface area contributed by atoms with Gasteiger partial charge in [0.05, 0.1) is 22.8 Å². The van der Waals surface area contributed by atoms with E-state index in [4.69, 9.17) is 15.3 Å². The van der Waals surface area contributed by atoms with E-state index in [1.54, 1.807) is 74.5 Å². The number of aliphatic hydroxyl groups is 2. The van der Waals surface area contributed by atoms with E-state index < -0.39 is 23.6 Å². The summed E-state index contributed by atoms with van der Waals surface area (Å²) >= 11 is 0. The first-order valence-corrected chi connectivity index (χ1v) is 8.94. The second-order valence-corrected chi connectivity index (χ2v) is 6.97.